The first-order chi connectivity index (χ1) is 5.68. The van der Waals surface area contributed by atoms with E-state index in [1.165, 1.54) is 0 Å². The van der Waals surface area contributed by atoms with E-state index in [1.807, 2.05) is 12.1 Å². The Kier molecular flexibility index (Phi) is 2.73. The van der Waals surface area contributed by atoms with Crippen molar-refractivity contribution in [3.05, 3.63) is 29.8 Å². The molecule has 0 heterocycles. The first-order valence-electron chi connectivity index (χ1n) is 3.73. The molecule has 0 saturated heterocycles. The van der Waals surface area contributed by atoms with Crippen LogP contribution in [0.4, 0.5) is 5.69 Å². The van der Waals surface area contributed by atoms with Crippen molar-refractivity contribution < 1.29 is 5.11 Å². The summed E-state index contributed by atoms with van der Waals surface area (Å²) in [7, 11) is 0. The summed E-state index contributed by atoms with van der Waals surface area (Å²) in [6.45, 7) is 1.63. The predicted molar refractivity (Wildman–Crippen MR) is 49.4 cm³/mol. The van der Waals surface area contributed by atoms with Crippen molar-refractivity contribution in [1.29, 1.82) is 0 Å². The number of benzene rings is 1. The van der Waals surface area contributed by atoms with Crippen LogP contribution in [0.15, 0.2) is 24.3 Å². The van der Waals surface area contributed by atoms with Crippen molar-refractivity contribution in [2.24, 2.45) is 0 Å². The molecule has 0 aliphatic carbocycles. The minimum atomic E-state index is -0.581. The molecule has 1 aromatic carbocycles. The molecule has 1 atom stereocenters. The van der Waals surface area contributed by atoms with Crippen LogP contribution in [0, 0.1) is 11.8 Å². The van der Waals surface area contributed by atoms with Crippen LogP contribution in [0.25, 0.3) is 0 Å². The SMILES string of the molecule is C[C@@H](O)C#Cc1ccc(N)cc1. The Bertz CT molecular complexity index is 303. The van der Waals surface area contributed by atoms with Gasteiger partial charge >= 0.3 is 0 Å². The summed E-state index contributed by atoms with van der Waals surface area (Å²) in [4.78, 5) is 0. The quantitative estimate of drug-likeness (QED) is 0.440. The molecule has 0 unspecified atom stereocenters. The molecule has 1 rings (SSSR count). The lowest BCUT2D eigenvalue weighted by molar-refractivity contribution is 0.253. The number of nitrogens with two attached hydrogens (primary N) is 1. The lowest BCUT2D eigenvalue weighted by atomic mass is 10.2. The summed E-state index contributed by atoms with van der Waals surface area (Å²) in [6, 6.07) is 7.22. The van der Waals surface area contributed by atoms with E-state index < -0.39 is 6.10 Å². The zero-order valence-corrected chi connectivity index (χ0v) is 6.91. The number of nitrogen functional groups attached to an aromatic ring is 1. The predicted octanol–water partition coefficient (Wildman–Crippen LogP) is 1.00. The van der Waals surface area contributed by atoms with Crippen LogP contribution >= 0.6 is 0 Å². The van der Waals surface area contributed by atoms with Gasteiger partial charge in [0.15, 0.2) is 0 Å². The Morgan fingerprint density at radius 2 is 1.92 bits per heavy atom. The fourth-order valence-electron chi connectivity index (χ4n) is 0.754. The average molecular weight is 161 g/mol. The van der Waals surface area contributed by atoms with Gasteiger partial charge in [0.25, 0.3) is 0 Å². The molecule has 3 N–H and O–H groups in total. The highest BCUT2D eigenvalue weighted by Gasteiger charge is 1.87. The Hall–Kier alpha value is -1.46. The van der Waals surface area contributed by atoms with Crippen LogP contribution in [-0.4, -0.2) is 11.2 Å². The number of hydrogen-bond acceptors (Lipinski definition) is 2. The molecule has 0 saturated carbocycles. The summed E-state index contributed by atoms with van der Waals surface area (Å²) in [6.07, 6.45) is -0.581. The summed E-state index contributed by atoms with van der Waals surface area (Å²) < 4.78 is 0. The molecule has 0 amide bonds. The first-order valence-corrected chi connectivity index (χ1v) is 3.73. The molecule has 0 fully saturated rings. The molecular weight excluding hydrogens is 150 g/mol. The molecule has 12 heavy (non-hydrogen) atoms. The van der Waals surface area contributed by atoms with Gasteiger partial charge in [-0.3, -0.25) is 0 Å². The fraction of sp³-hybridized carbons (Fsp3) is 0.200. The number of rotatable bonds is 0. The molecule has 0 aliphatic heterocycles. The molecule has 0 aromatic heterocycles. The van der Waals surface area contributed by atoms with E-state index in [2.05, 4.69) is 11.8 Å². The van der Waals surface area contributed by atoms with Crippen LogP contribution in [0.2, 0.25) is 0 Å². The van der Waals surface area contributed by atoms with Gasteiger partial charge in [-0.1, -0.05) is 11.8 Å². The van der Waals surface area contributed by atoms with E-state index in [0.29, 0.717) is 0 Å². The molecule has 1 aromatic rings. The molecule has 2 heteroatoms. The monoisotopic (exact) mass is 161 g/mol. The lowest BCUT2D eigenvalue weighted by Crippen LogP contribution is -1.92. The Labute approximate surface area is 72.0 Å². The maximum Gasteiger partial charge on any atom is 0.112 e. The summed E-state index contributed by atoms with van der Waals surface area (Å²) in [5, 5.41) is 8.87. The van der Waals surface area contributed by atoms with Gasteiger partial charge in [-0.05, 0) is 31.2 Å². The van der Waals surface area contributed by atoms with Crippen LogP contribution in [0.3, 0.4) is 0 Å². The standard InChI is InChI=1S/C10H11NO/c1-8(12)2-3-9-4-6-10(11)7-5-9/h4-8,12H,11H2,1H3/t8-/m1/s1. The Balaban J connectivity index is 2.79. The molecule has 0 aliphatic rings. The second kappa shape index (κ2) is 3.80. The van der Waals surface area contributed by atoms with E-state index in [0.717, 1.165) is 11.3 Å². The molecule has 0 spiro atoms. The maximum atomic E-state index is 8.87. The fourth-order valence-corrected chi connectivity index (χ4v) is 0.754. The van der Waals surface area contributed by atoms with Crippen molar-refractivity contribution >= 4 is 5.69 Å². The number of hydrogen-bond donors (Lipinski definition) is 2. The van der Waals surface area contributed by atoms with Crippen molar-refractivity contribution in [2.45, 2.75) is 13.0 Å². The van der Waals surface area contributed by atoms with E-state index >= 15 is 0 Å². The van der Waals surface area contributed by atoms with Crippen molar-refractivity contribution in [1.82, 2.24) is 0 Å². The molecule has 0 bridgehead atoms. The van der Waals surface area contributed by atoms with Crippen LogP contribution in [0.5, 0.6) is 0 Å². The van der Waals surface area contributed by atoms with E-state index in [-0.39, 0.29) is 0 Å². The van der Waals surface area contributed by atoms with E-state index in [1.54, 1.807) is 19.1 Å². The molecular formula is C10H11NO. The highest BCUT2D eigenvalue weighted by atomic mass is 16.3. The highest BCUT2D eigenvalue weighted by Crippen LogP contribution is 2.03. The molecule has 62 valence electrons. The van der Waals surface area contributed by atoms with Gasteiger partial charge < -0.3 is 10.8 Å². The third-order valence-electron chi connectivity index (χ3n) is 1.34. The van der Waals surface area contributed by atoms with Crippen molar-refractivity contribution in [3.8, 4) is 11.8 Å². The average Bonchev–Trinajstić information content (AvgIpc) is 2.03. The topological polar surface area (TPSA) is 46.2 Å². The zero-order chi connectivity index (χ0) is 8.97. The second-order valence-corrected chi connectivity index (χ2v) is 2.57. The number of anilines is 1. The van der Waals surface area contributed by atoms with Gasteiger partial charge in [-0.25, -0.2) is 0 Å². The maximum absolute atomic E-state index is 8.87. The normalized spacial score (nSPS) is 11.5. The van der Waals surface area contributed by atoms with Gasteiger partial charge in [0.2, 0.25) is 0 Å². The van der Waals surface area contributed by atoms with Gasteiger partial charge in [0, 0.05) is 11.3 Å². The zero-order valence-electron chi connectivity index (χ0n) is 6.91. The first kappa shape index (κ1) is 8.63. The minimum Gasteiger partial charge on any atom is -0.399 e. The summed E-state index contributed by atoms with van der Waals surface area (Å²) in [5.74, 6) is 5.46. The lowest BCUT2D eigenvalue weighted by Gasteiger charge is -1.92. The van der Waals surface area contributed by atoms with Crippen molar-refractivity contribution in [3.63, 3.8) is 0 Å². The van der Waals surface area contributed by atoms with E-state index in [9.17, 15) is 0 Å². The number of aliphatic hydroxyl groups excluding tert-OH is 1. The largest absolute Gasteiger partial charge is 0.399 e. The molecule has 0 radical (unpaired) electrons. The Morgan fingerprint density at radius 3 is 2.42 bits per heavy atom. The van der Waals surface area contributed by atoms with Gasteiger partial charge in [-0.15, -0.1) is 0 Å². The van der Waals surface area contributed by atoms with Crippen LogP contribution in [0.1, 0.15) is 12.5 Å². The Morgan fingerprint density at radius 1 is 1.33 bits per heavy atom. The van der Waals surface area contributed by atoms with Crippen LogP contribution < -0.4 is 5.73 Å². The van der Waals surface area contributed by atoms with Crippen molar-refractivity contribution in [2.75, 3.05) is 5.73 Å². The number of aliphatic hydroxyl groups is 1. The third-order valence-corrected chi connectivity index (χ3v) is 1.34. The minimum absolute atomic E-state index is 0.581. The second-order valence-electron chi connectivity index (χ2n) is 2.57. The van der Waals surface area contributed by atoms with Gasteiger partial charge in [0.1, 0.15) is 6.10 Å². The van der Waals surface area contributed by atoms with Gasteiger partial charge in [-0.2, -0.15) is 0 Å². The summed E-state index contributed by atoms with van der Waals surface area (Å²) in [5.41, 5.74) is 7.07. The van der Waals surface area contributed by atoms with Crippen LogP contribution in [-0.2, 0) is 0 Å². The third kappa shape index (κ3) is 2.65. The van der Waals surface area contributed by atoms with E-state index in [4.69, 9.17) is 10.8 Å². The smallest absolute Gasteiger partial charge is 0.112 e. The molecule has 2 nitrogen and oxygen atoms in total. The highest BCUT2D eigenvalue weighted by molar-refractivity contribution is 5.44. The van der Waals surface area contributed by atoms with Gasteiger partial charge in [0.05, 0.1) is 0 Å². The summed E-state index contributed by atoms with van der Waals surface area (Å²) >= 11 is 0.